The molecule has 94 valence electrons. The van der Waals surface area contributed by atoms with Gasteiger partial charge >= 0.3 is 6.03 Å². The first kappa shape index (κ1) is 12.2. The highest BCUT2D eigenvalue weighted by Gasteiger charge is 2.31. The van der Waals surface area contributed by atoms with E-state index in [1.807, 2.05) is 5.32 Å². The summed E-state index contributed by atoms with van der Waals surface area (Å²) in [5.74, 6) is -2.85. The van der Waals surface area contributed by atoms with Gasteiger partial charge in [0.1, 0.15) is 18.1 Å². The molecule has 1 fully saturated rings. The second-order valence-corrected chi connectivity index (χ2v) is 3.75. The molecule has 0 bridgehead atoms. The van der Waals surface area contributed by atoms with Crippen LogP contribution in [0.15, 0.2) is 18.2 Å². The van der Waals surface area contributed by atoms with E-state index >= 15 is 0 Å². The Morgan fingerprint density at radius 1 is 1.22 bits per heavy atom. The molecule has 7 heteroatoms. The third-order valence-corrected chi connectivity index (χ3v) is 2.44. The molecule has 1 N–H and O–H groups in total. The van der Waals surface area contributed by atoms with Gasteiger partial charge in [-0.05, 0) is 18.2 Å². The van der Waals surface area contributed by atoms with Crippen LogP contribution >= 0.6 is 0 Å². The number of rotatable bonds is 2. The van der Waals surface area contributed by atoms with E-state index in [9.17, 15) is 23.2 Å². The van der Waals surface area contributed by atoms with Crippen LogP contribution in [0.5, 0.6) is 0 Å². The van der Waals surface area contributed by atoms with Gasteiger partial charge in [-0.2, -0.15) is 0 Å². The molecule has 0 aliphatic carbocycles. The first-order valence-corrected chi connectivity index (χ1v) is 5.05. The number of benzene rings is 1. The SMILES string of the molecule is O=C1CC(=O)N(Cc2cc(F)ccc2F)C(=O)N1. The van der Waals surface area contributed by atoms with Gasteiger partial charge in [0.05, 0.1) is 6.54 Å². The number of nitrogens with one attached hydrogen (secondary N) is 1. The fourth-order valence-corrected chi connectivity index (χ4v) is 1.57. The topological polar surface area (TPSA) is 66.5 Å². The second kappa shape index (κ2) is 4.52. The lowest BCUT2D eigenvalue weighted by Crippen LogP contribution is -2.52. The first-order valence-electron chi connectivity index (χ1n) is 5.05. The highest BCUT2D eigenvalue weighted by molar-refractivity contribution is 6.13. The Labute approximate surface area is 100 Å². The Hall–Kier alpha value is -2.31. The molecule has 0 aromatic heterocycles. The van der Waals surface area contributed by atoms with E-state index < -0.39 is 42.4 Å². The van der Waals surface area contributed by atoms with Crippen LogP contribution < -0.4 is 5.32 Å². The number of urea groups is 1. The smallest absolute Gasteiger partial charge is 0.277 e. The number of nitrogens with zero attached hydrogens (tertiary/aromatic N) is 1. The summed E-state index contributed by atoms with van der Waals surface area (Å²) in [5.41, 5.74) is -0.132. The quantitative estimate of drug-likeness (QED) is 0.798. The summed E-state index contributed by atoms with van der Waals surface area (Å²) >= 11 is 0. The van der Waals surface area contributed by atoms with Crippen LogP contribution in [0.25, 0.3) is 0 Å². The van der Waals surface area contributed by atoms with Crippen molar-refractivity contribution in [3.63, 3.8) is 0 Å². The molecular formula is C11H8F2N2O3. The van der Waals surface area contributed by atoms with Crippen LogP contribution in [0.3, 0.4) is 0 Å². The van der Waals surface area contributed by atoms with Crippen LogP contribution in [0, 0.1) is 11.6 Å². The van der Waals surface area contributed by atoms with Crippen molar-refractivity contribution in [1.82, 2.24) is 10.2 Å². The Morgan fingerprint density at radius 3 is 2.61 bits per heavy atom. The van der Waals surface area contributed by atoms with Gasteiger partial charge in [0, 0.05) is 5.56 Å². The number of hydrogen-bond acceptors (Lipinski definition) is 3. The van der Waals surface area contributed by atoms with E-state index in [1.54, 1.807) is 0 Å². The number of halogens is 2. The monoisotopic (exact) mass is 254 g/mol. The van der Waals surface area contributed by atoms with Crippen molar-refractivity contribution in [3.05, 3.63) is 35.4 Å². The minimum Gasteiger partial charge on any atom is -0.277 e. The predicted molar refractivity (Wildman–Crippen MR) is 55.1 cm³/mol. The van der Waals surface area contributed by atoms with E-state index in [1.165, 1.54) is 0 Å². The minimum absolute atomic E-state index is 0.132. The van der Waals surface area contributed by atoms with E-state index in [0.29, 0.717) is 4.90 Å². The summed E-state index contributed by atoms with van der Waals surface area (Å²) in [7, 11) is 0. The standard InChI is InChI=1S/C11H8F2N2O3/c12-7-1-2-8(13)6(3-7)5-15-10(17)4-9(16)14-11(15)18/h1-3H,4-5H2,(H,14,16,18). The van der Waals surface area contributed by atoms with Crippen molar-refractivity contribution < 1.29 is 23.2 Å². The minimum atomic E-state index is -0.931. The van der Waals surface area contributed by atoms with Crippen LogP contribution in [0.2, 0.25) is 0 Å². The zero-order chi connectivity index (χ0) is 13.3. The molecule has 0 radical (unpaired) electrons. The number of imide groups is 2. The molecule has 1 aliphatic heterocycles. The van der Waals surface area contributed by atoms with Crippen molar-refractivity contribution >= 4 is 17.8 Å². The molecule has 1 saturated heterocycles. The third-order valence-electron chi connectivity index (χ3n) is 2.44. The summed E-state index contributed by atoms with van der Waals surface area (Å²) < 4.78 is 26.3. The number of barbiturate groups is 1. The molecule has 0 saturated carbocycles. The van der Waals surface area contributed by atoms with Crippen LogP contribution in [-0.4, -0.2) is 22.7 Å². The van der Waals surface area contributed by atoms with Gasteiger partial charge in [0.25, 0.3) is 0 Å². The molecule has 4 amide bonds. The molecule has 5 nitrogen and oxygen atoms in total. The lowest BCUT2D eigenvalue weighted by molar-refractivity contribution is -0.136. The normalized spacial score (nSPS) is 15.9. The average Bonchev–Trinajstić information content (AvgIpc) is 2.28. The first-order chi connectivity index (χ1) is 8.47. The number of carbonyl (C=O) groups excluding carboxylic acids is 3. The van der Waals surface area contributed by atoms with E-state index in [0.717, 1.165) is 18.2 Å². The molecule has 1 aliphatic rings. The molecule has 18 heavy (non-hydrogen) atoms. The fraction of sp³-hybridized carbons (Fsp3) is 0.182. The molecule has 1 heterocycles. The van der Waals surface area contributed by atoms with Crippen molar-refractivity contribution in [3.8, 4) is 0 Å². The van der Waals surface area contributed by atoms with Gasteiger partial charge in [-0.3, -0.25) is 19.8 Å². The Morgan fingerprint density at radius 2 is 1.94 bits per heavy atom. The highest BCUT2D eigenvalue weighted by Crippen LogP contribution is 2.14. The van der Waals surface area contributed by atoms with Crippen molar-refractivity contribution in [1.29, 1.82) is 0 Å². The largest absolute Gasteiger partial charge is 0.331 e. The lowest BCUT2D eigenvalue weighted by Gasteiger charge is -2.24. The van der Waals surface area contributed by atoms with E-state index in [2.05, 4.69) is 0 Å². The van der Waals surface area contributed by atoms with Gasteiger partial charge in [-0.15, -0.1) is 0 Å². The summed E-state index contributed by atoms with van der Waals surface area (Å²) in [6, 6.07) is 1.80. The Kier molecular flexibility index (Phi) is 3.05. The zero-order valence-corrected chi connectivity index (χ0v) is 9.07. The maximum Gasteiger partial charge on any atom is 0.331 e. The molecule has 0 atom stereocenters. The summed E-state index contributed by atoms with van der Waals surface area (Å²) in [5, 5.41) is 1.93. The average molecular weight is 254 g/mol. The Bertz CT molecular complexity index is 525. The van der Waals surface area contributed by atoms with Gasteiger partial charge in [-0.1, -0.05) is 0 Å². The highest BCUT2D eigenvalue weighted by atomic mass is 19.1. The molecule has 0 unspecified atom stereocenters. The Balaban J connectivity index is 2.23. The summed E-state index contributed by atoms with van der Waals surface area (Å²) in [4.78, 5) is 34.4. The number of amides is 4. The lowest BCUT2D eigenvalue weighted by atomic mass is 10.1. The van der Waals surface area contributed by atoms with Gasteiger partial charge in [0.15, 0.2) is 0 Å². The van der Waals surface area contributed by atoms with E-state index in [-0.39, 0.29) is 5.56 Å². The van der Waals surface area contributed by atoms with Crippen molar-refractivity contribution in [2.45, 2.75) is 13.0 Å². The zero-order valence-electron chi connectivity index (χ0n) is 9.07. The predicted octanol–water partition coefficient (Wildman–Crippen LogP) is 0.933. The van der Waals surface area contributed by atoms with Crippen LogP contribution in [-0.2, 0) is 16.1 Å². The summed E-state index contributed by atoms with van der Waals surface area (Å²) in [6.07, 6.45) is -0.483. The summed E-state index contributed by atoms with van der Waals surface area (Å²) in [6.45, 7) is -0.415. The van der Waals surface area contributed by atoms with Crippen molar-refractivity contribution in [2.24, 2.45) is 0 Å². The molecule has 1 aromatic carbocycles. The number of hydrogen-bond donors (Lipinski definition) is 1. The van der Waals surface area contributed by atoms with Crippen LogP contribution in [0.4, 0.5) is 13.6 Å². The molecule has 0 spiro atoms. The maximum absolute atomic E-state index is 13.4. The van der Waals surface area contributed by atoms with Crippen LogP contribution in [0.1, 0.15) is 12.0 Å². The number of carbonyl (C=O) groups is 3. The molecule has 2 rings (SSSR count). The van der Waals surface area contributed by atoms with Crippen molar-refractivity contribution in [2.75, 3.05) is 0 Å². The molecular weight excluding hydrogens is 246 g/mol. The maximum atomic E-state index is 13.4. The molecule has 1 aromatic rings. The van der Waals surface area contributed by atoms with E-state index in [4.69, 9.17) is 0 Å². The van der Waals surface area contributed by atoms with Gasteiger partial charge in [0.2, 0.25) is 11.8 Å². The fourth-order valence-electron chi connectivity index (χ4n) is 1.57. The second-order valence-electron chi connectivity index (χ2n) is 3.75. The van der Waals surface area contributed by atoms with Gasteiger partial charge in [-0.25, -0.2) is 13.6 Å². The van der Waals surface area contributed by atoms with Gasteiger partial charge < -0.3 is 0 Å². The third kappa shape index (κ3) is 2.34.